The minimum atomic E-state index is -3.25. The summed E-state index contributed by atoms with van der Waals surface area (Å²) in [5, 5.41) is 11.7. The fourth-order valence-corrected chi connectivity index (χ4v) is 3.42. The van der Waals surface area contributed by atoms with Crippen LogP contribution in [-0.4, -0.2) is 36.3 Å². The van der Waals surface area contributed by atoms with E-state index in [0.29, 0.717) is 36.8 Å². The molecule has 5 heterocycles. The van der Waals surface area contributed by atoms with Crippen LogP contribution in [0.3, 0.4) is 0 Å². The Bertz CT molecular complexity index is 1160. The van der Waals surface area contributed by atoms with Crippen molar-refractivity contribution in [1.29, 1.82) is 0 Å². The van der Waals surface area contributed by atoms with Gasteiger partial charge in [0.25, 0.3) is 5.89 Å². The molecule has 0 saturated carbocycles. The highest BCUT2D eigenvalue weighted by atomic mass is 19.3. The van der Waals surface area contributed by atoms with E-state index in [0.717, 1.165) is 5.69 Å². The van der Waals surface area contributed by atoms with E-state index in [1.165, 1.54) is 10.6 Å². The first kappa shape index (κ1) is 16.8. The van der Waals surface area contributed by atoms with Gasteiger partial charge < -0.3 is 14.3 Å². The summed E-state index contributed by atoms with van der Waals surface area (Å²) in [4.78, 5) is 9.09. The van der Waals surface area contributed by atoms with Gasteiger partial charge in [0.05, 0.1) is 17.7 Å². The molecule has 0 bridgehead atoms. The van der Waals surface area contributed by atoms with Crippen LogP contribution in [0.5, 0.6) is 0 Å². The molecule has 1 aliphatic rings. The summed E-state index contributed by atoms with van der Waals surface area (Å²) in [7, 11) is 0. The lowest BCUT2D eigenvalue weighted by molar-refractivity contribution is -0.0107. The molecule has 0 spiro atoms. The fourth-order valence-electron chi connectivity index (χ4n) is 3.42. The second-order valence-corrected chi connectivity index (χ2v) is 6.65. The maximum atomic E-state index is 14.1. The van der Waals surface area contributed by atoms with Gasteiger partial charge in [-0.15, -0.1) is 5.10 Å². The van der Waals surface area contributed by atoms with Gasteiger partial charge >= 0.3 is 11.9 Å². The van der Waals surface area contributed by atoms with E-state index in [1.807, 2.05) is 0 Å². The Kier molecular flexibility index (Phi) is 3.48. The molecule has 0 saturated heterocycles. The number of anilines is 1. The van der Waals surface area contributed by atoms with Crippen LogP contribution in [0.2, 0.25) is 0 Å². The molecule has 28 heavy (non-hydrogen) atoms. The molecule has 0 radical (unpaired) electrons. The molecule has 1 unspecified atom stereocenters. The zero-order valence-electron chi connectivity index (χ0n) is 14.6. The standard InChI is InChI=1S/C17H14F3N7O/c1-17(19,20)15-23-24-16(28-15)26-6-4-10-13(22-8-21-10)14(26)11-7-12-9(18)3-2-5-27(12)25-11/h2-3,5,7-8,14H,4,6H2,1H3,(H,21,22). The van der Waals surface area contributed by atoms with Crippen LogP contribution in [0, 0.1) is 5.82 Å². The number of fused-ring (bicyclic) bond motifs is 2. The predicted octanol–water partition coefficient (Wildman–Crippen LogP) is 2.84. The van der Waals surface area contributed by atoms with Gasteiger partial charge in [0.2, 0.25) is 0 Å². The molecular formula is C17H14F3N7O. The summed E-state index contributed by atoms with van der Waals surface area (Å²) in [6.45, 7) is 1.10. The van der Waals surface area contributed by atoms with Crippen molar-refractivity contribution in [1.82, 2.24) is 29.8 Å². The Hall–Kier alpha value is -3.37. The zero-order valence-corrected chi connectivity index (χ0v) is 14.6. The number of nitrogens with zero attached hydrogens (tertiary/aromatic N) is 6. The van der Waals surface area contributed by atoms with E-state index in [-0.39, 0.29) is 6.01 Å². The number of H-pyrrole nitrogens is 1. The smallest absolute Gasteiger partial charge is 0.321 e. The third kappa shape index (κ3) is 2.53. The van der Waals surface area contributed by atoms with Gasteiger partial charge in [-0.3, -0.25) is 0 Å². The van der Waals surface area contributed by atoms with Crippen molar-refractivity contribution >= 4 is 11.5 Å². The SMILES string of the molecule is CC(F)(F)c1nnc(N2CCc3[nH]cnc3C2c2cc3c(F)cccn3n2)o1. The minimum Gasteiger partial charge on any atom is -0.401 e. The first-order valence-corrected chi connectivity index (χ1v) is 8.56. The van der Waals surface area contributed by atoms with E-state index < -0.39 is 23.7 Å². The average Bonchev–Trinajstić information content (AvgIpc) is 3.38. The number of hydrogen-bond donors (Lipinski definition) is 1. The molecule has 0 aliphatic carbocycles. The van der Waals surface area contributed by atoms with Gasteiger partial charge in [0, 0.05) is 31.8 Å². The number of hydrogen-bond acceptors (Lipinski definition) is 6. The lowest BCUT2D eigenvalue weighted by Gasteiger charge is -2.32. The number of pyridine rings is 1. The van der Waals surface area contributed by atoms with Gasteiger partial charge in [-0.2, -0.15) is 13.9 Å². The first-order valence-electron chi connectivity index (χ1n) is 8.56. The molecule has 1 N–H and O–H groups in total. The van der Waals surface area contributed by atoms with E-state index >= 15 is 0 Å². The monoisotopic (exact) mass is 389 g/mol. The van der Waals surface area contributed by atoms with Gasteiger partial charge in [0.15, 0.2) is 0 Å². The number of aromatic nitrogens is 6. The maximum absolute atomic E-state index is 14.1. The quantitative estimate of drug-likeness (QED) is 0.580. The average molecular weight is 389 g/mol. The molecule has 8 nitrogen and oxygen atoms in total. The maximum Gasteiger partial charge on any atom is 0.321 e. The second-order valence-electron chi connectivity index (χ2n) is 6.65. The molecule has 4 aromatic rings. The summed E-state index contributed by atoms with van der Waals surface area (Å²) < 4.78 is 47.9. The zero-order chi connectivity index (χ0) is 19.5. The highest BCUT2D eigenvalue weighted by Crippen LogP contribution is 2.37. The number of aromatic amines is 1. The van der Waals surface area contributed by atoms with E-state index in [9.17, 15) is 13.2 Å². The molecule has 0 aromatic carbocycles. The molecule has 11 heteroatoms. The molecular weight excluding hydrogens is 375 g/mol. The number of imidazole rings is 1. The Morgan fingerprint density at radius 3 is 2.93 bits per heavy atom. The predicted molar refractivity (Wildman–Crippen MR) is 90.5 cm³/mol. The molecule has 144 valence electrons. The van der Waals surface area contributed by atoms with Crippen molar-refractivity contribution < 1.29 is 17.6 Å². The number of alkyl halides is 2. The highest BCUT2D eigenvalue weighted by Gasteiger charge is 2.38. The van der Waals surface area contributed by atoms with E-state index in [2.05, 4.69) is 25.3 Å². The molecule has 4 aromatic heterocycles. The summed E-state index contributed by atoms with van der Waals surface area (Å²) in [5.74, 6) is -4.44. The first-order chi connectivity index (χ1) is 13.4. The lowest BCUT2D eigenvalue weighted by atomic mass is 10.0. The molecule has 0 amide bonds. The fraction of sp³-hybridized carbons (Fsp3) is 0.294. The van der Waals surface area contributed by atoms with Crippen molar-refractivity contribution in [3.05, 3.63) is 59.5 Å². The largest absolute Gasteiger partial charge is 0.401 e. The van der Waals surface area contributed by atoms with Crippen LogP contribution in [-0.2, 0) is 12.3 Å². The van der Waals surface area contributed by atoms with Crippen LogP contribution in [0.25, 0.3) is 5.52 Å². The molecule has 1 atom stereocenters. The van der Waals surface area contributed by atoms with Crippen LogP contribution in [0.4, 0.5) is 19.2 Å². The van der Waals surface area contributed by atoms with Gasteiger partial charge in [0.1, 0.15) is 17.4 Å². The van der Waals surface area contributed by atoms with Gasteiger partial charge in [-0.1, -0.05) is 5.10 Å². The van der Waals surface area contributed by atoms with Crippen molar-refractivity contribution in [2.75, 3.05) is 11.4 Å². The molecule has 5 rings (SSSR count). The van der Waals surface area contributed by atoms with Crippen LogP contribution < -0.4 is 4.90 Å². The minimum absolute atomic E-state index is 0.0623. The Labute approximate surface area is 156 Å². The molecule has 1 aliphatic heterocycles. The summed E-state index contributed by atoms with van der Waals surface area (Å²) in [6, 6.07) is 3.83. The lowest BCUT2D eigenvalue weighted by Crippen LogP contribution is -2.37. The second kappa shape index (κ2) is 5.81. The Balaban J connectivity index is 1.64. The summed E-state index contributed by atoms with van der Waals surface area (Å²) in [5.41, 5.74) is 2.32. The Morgan fingerprint density at radius 2 is 2.18 bits per heavy atom. The van der Waals surface area contributed by atoms with Crippen molar-refractivity contribution in [3.63, 3.8) is 0 Å². The number of rotatable bonds is 3. The van der Waals surface area contributed by atoms with Crippen LogP contribution >= 0.6 is 0 Å². The number of halogens is 3. The van der Waals surface area contributed by atoms with Gasteiger partial charge in [-0.05, 0) is 18.2 Å². The van der Waals surface area contributed by atoms with Crippen LogP contribution in [0.15, 0.2) is 35.1 Å². The van der Waals surface area contributed by atoms with Crippen molar-refractivity contribution in [2.45, 2.75) is 25.3 Å². The Morgan fingerprint density at radius 1 is 1.32 bits per heavy atom. The summed E-state index contributed by atoms with van der Waals surface area (Å²) >= 11 is 0. The highest BCUT2D eigenvalue weighted by molar-refractivity contribution is 5.52. The van der Waals surface area contributed by atoms with Crippen LogP contribution in [0.1, 0.15) is 35.9 Å². The topological polar surface area (TPSA) is 88.1 Å². The molecule has 0 fully saturated rings. The number of nitrogens with one attached hydrogen (secondary N) is 1. The summed E-state index contributed by atoms with van der Waals surface area (Å²) in [6.07, 6.45) is 3.76. The third-order valence-electron chi connectivity index (χ3n) is 4.71. The van der Waals surface area contributed by atoms with E-state index in [1.54, 1.807) is 29.6 Å². The van der Waals surface area contributed by atoms with Gasteiger partial charge in [-0.25, -0.2) is 13.9 Å². The van der Waals surface area contributed by atoms with Crippen molar-refractivity contribution in [2.24, 2.45) is 0 Å². The third-order valence-corrected chi connectivity index (χ3v) is 4.71. The van der Waals surface area contributed by atoms with Crippen molar-refractivity contribution in [3.8, 4) is 0 Å². The van der Waals surface area contributed by atoms with E-state index in [4.69, 9.17) is 4.42 Å². The normalized spacial score (nSPS) is 17.3.